The van der Waals surface area contributed by atoms with Crippen molar-refractivity contribution in [3.63, 3.8) is 0 Å². The molecule has 1 heterocycles. The third kappa shape index (κ3) is 6.16. The number of para-hydroxylation sites is 1. The van der Waals surface area contributed by atoms with E-state index in [4.69, 9.17) is 17.3 Å². The molecule has 0 bridgehead atoms. The summed E-state index contributed by atoms with van der Waals surface area (Å²) in [6.07, 6.45) is 2.62. The van der Waals surface area contributed by atoms with Crippen LogP contribution in [0.1, 0.15) is 15.9 Å². The van der Waals surface area contributed by atoms with Gasteiger partial charge in [0.1, 0.15) is 5.69 Å². The van der Waals surface area contributed by atoms with Crippen LogP contribution in [0.5, 0.6) is 0 Å². The van der Waals surface area contributed by atoms with Gasteiger partial charge in [0.2, 0.25) is 0 Å². The molecule has 0 unspecified atom stereocenters. The van der Waals surface area contributed by atoms with Crippen molar-refractivity contribution < 1.29 is 23.2 Å². The molecule has 6 N–H and O–H groups in total. The molecule has 0 saturated carbocycles. The number of fused-ring (bicyclic) bond motifs is 1. The fourth-order valence-electron chi connectivity index (χ4n) is 3.65. The van der Waals surface area contributed by atoms with Gasteiger partial charge in [0, 0.05) is 35.4 Å². The highest BCUT2D eigenvalue weighted by molar-refractivity contribution is 7.92. The number of rotatable bonds is 10. The Labute approximate surface area is 222 Å². The number of aromatic amines is 1. The molecular weight excluding hydrogens is 532 g/mol. The van der Waals surface area contributed by atoms with Crippen LogP contribution in [0.2, 0.25) is 0 Å². The molecule has 0 aliphatic rings. The summed E-state index contributed by atoms with van der Waals surface area (Å²) in [6, 6.07) is 16.3. The highest BCUT2D eigenvalue weighted by Gasteiger charge is 2.22. The summed E-state index contributed by atoms with van der Waals surface area (Å²) >= 11 is 5.23. The summed E-state index contributed by atoms with van der Waals surface area (Å²) < 4.78 is 27.8. The van der Waals surface area contributed by atoms with Crippen LogP contribution in [0.25, 0.3) is 10.9 Å². The molecule has 0 fully saturated rings. The van der Waals surface area contributed by atoms with Gasteiger partial charge in [0.05, 0.1) is 15.4 Å². The molecule has 12 nitrogen and oxygen atoms in total. The van der Waals surface area contributed by atoms with Crippen LogP contribution in [0, 0.1) is 10.1 Å². The van der Waals surface area contributed by atoms with Gasteiger partial charge in [-0.05, 0) is 66.7 Å². The maximum Gasteiger partial charge on any atom is 0.335 e. The smallest absolute Gasteiger partial charge is 0.335 e. The van der Waals surface area contributed by atoms with Crippen molar-refractivity contribution in [2.75, 3.05) is 16.7 Å². The lowest BCUT2D eigenvalue weighted by atomic mass is 10.1. The number of hydrazine groups is 1. The van der Waals surface area contributed by atoms with E-state index in [1.807, 2.05) is 30.5 Å². The zero-order chi connectivity index (χ0) is 27.3. The van der Waals surface area contributed by atoms with Crippen molar-refractivity contribution in [1.82, 2.24) is 15.7 Å². The van der Waals surface area contributed by atoms with Crippen molar-refractivity contribution in [2.24, 2.45) is 0 Å². The summed E-state index contributed by atoms with van der Waals surface area (Å²) in [4.78, 5) is 24.7. The Bertz CT molecular complexity index is 1620. The van der Waals surface area contributed by atoms with Gasteiger partial charge in [-0.1, -0.05) is 18.2 Å². The molecule has 1 aromatic heterocycles. The second-order valence-electron chi connectivity index (χ2n) is 8.04. The number of aromatic nitrogens is 1. The lowest BCUT2D eigenvalue weighted by molar-refractivity contribution is -0.384. The summed E-state index contributed by atoms with van der Waals surface area (Å²) in [5.74, 6) is -1.16. The van der Waals surface area contributed by atoms with Crippen molar-refractivity contribution in [2.45, 2.75) is 11.3 Å². The van der Waals surface area contributed by atoms with E-state index < -0.39 is 26.6 Å². The summed E-state index contributed by atoms with van der Waals surface area (Å²) in [6.45, 7) is 0.508. The van der Waals surface area contributed by atoms with Crippen LogP contribution >= 0.6 is 12.2 Å². The molecule has 0 radical (unpaired) electrons. The quantitative estimate of drug-likeness (QED) is 0.0963. The molecule has 4 aromatic rings. The van der Waals surface area contributed by atoms with Gasteiger partial charge < -0.3 is 15.4 Å². The molecule has 14 heteroatoms. The SMILES string of the molecule is O=C(O)c1ccc(NS(=O)(=O)c2ccc(NNC(=S)NCCc3c[nH]c4ccccc34)c([N+](=O)[O-])c2)cc1. The first-order chi connectivity index (χ1) is 18.1. The molecule has 4 rings (SSSR count). The summed E-state index contributed by atoms with van der Waals surface area (Å²) in [5, 5.41) is 24.9. The van der Waals surface area contributed by atoms with Gasteiger partial charge in [0.15, 0.2) is 5.11 Å². The number of nitrogens with zero attached hydrogens (tertiary/aromatic N) is 1. The molecule has 0 aliphatic heterocycles. The minimum Gasteiger partial charge on any atom is -0.478 e. The van der Waals surface area contributed by atoms with E-state index in [2.05, 4.69) is 25.9 Å². The van der Waals surface area contributed by atoms with Crippen LogP contribution in [0.4, 0.5) is 17.1 Å². The van der Waals surface area contributed by atoms with Gasteiger partial charge in [-0.2, -0.15) is 0 Å². The van der Waals surface area contributed by atoms with Crippen LogP contribution in [-0.2, 0) is 16.4 Å². The predicted octanol–water partition coefficient (Wildman–Crippen LogP) is 3.61. The number of anilines is 2. The number of nitro groups is 1. The van der Waals surface area contributed by atoms with Gasteiger partial charge >= 0.3 is 5.97 Å². The Morgan fingerprint density at radius 3 is 2.53 bits per heavy atom. The second kappa shape index (κ2) is 11.1. The molecule has 0 saturated heterocycles. The molecule has 0 atom stereocenters. The maximum absolute atomic E-state index is 12.8. The topological polar surface area (TPSA) is 178 Å². The van der Waals surface area contributed by atoms with E-state index in [1.54, 1.807) is 0 Å². The highest BCUT2D eigenvalue weighted by atomic mass is 32.2. The van der Waals surface area contributed by atoms with Crippen LogP contribution in [-0.4, -0.2) is 41.1 Å². The normalized spacial score (nSPS) is 11.1. The Balaban J connectivity index is 1.37. The van der Waals surface area contributed by atoms with E-state index >= 15 is 0 Å². The molecule has 3 aromatic carbocycles. The fourth-order valence-corrected chi connectivity index (χ4v) is 4.88. The number of thiocarbonyl (C=S) groups is 1. The number of aromatic carboxylic acids is 1. The van der Waals surface area contributed by atoms with E-state index in [9.17, 15) is 23.3 Å². The van der Waals surface area contributed by atoms with Crippen molar-refractivity contribution in [3.8, 4) is 0 Å². The second-order valence-corrected chi connectivity index (χ2v) is 10.1. The number of hydrogen-bond acceptors (Lipinski definition) is 7. The molecular formula is C24H22N6O6S2. The number of carboxylic acids is 1. The molecule has 0 amide bonds. The van der Waals surface area contributed by atoms with E-state index in [1.165, 1.54) is 36.4 Å². The largest absolute Gasteiger partial charge is 0.478 e. The monoisotopic (exact) mass is 554 g/mol. The first kappa shape index (κ1) is 26.4. The average Bonchev–Trinajstić information content (AvgIpc) is 3.30. The Hall–Kier alpha value is -4.69. The van der Waals surface area contributed by atoms with Crippen LogP contribution in [0.15, 0.2) is 77.8 Å². The van der Waals surface area contributed by atoms with Crippen LogP contribution in [0.3, 0.4) is 0 Å². The number of carboxylic acid groups (broad SMARTS) is 1. The van der Waals surface area contributed by atoms with Gasteiger partial charge in [0.25, 0.3) is 15.7 Å². The number of nitrogens with one attached hydrogen (secondary N) is 5. The van der Waals surface area contributed by atoms with Gasteiger partial charge in [-0.3, -0.25) is 25.7 Å². The number of carbonyl (C=O) groups is 1. The zero-order valence-electron chi connectivity index (χ0n) is 19.6. The molecule has 196 valence electrons. The van der Waals surface area contributed by atoms with E-state index in [0.717, 1.165) is 22.5 Å². The molecule has 0 spiro atoms. The zero-order valence-corrected chi connectivity index (χ0v) is 21.2. The van der Waals surface area contributed by atoms with Gasteiger partial charge in [-0.25, -0.2) is 13.2 Å². The third-order valence-electron chi connectivity index (χ3n) is 5.53. The number of hydrogen-bond donors (Lipinski definition) is 6. The number of H-pyrrole nitrogens is 1. The molecule has 0 aliphatic carbocycles. The van der Waals surface area contributed by atoms with Gasteiger partial charge in [-0.15, -0.1) is 0 Å². The van der Waals surface area contributed by atoms with Crippen LogP contribution < -0.4 is 20.9 Å². The summed E-state index contributed by atoms with van der Waals surface area (Å²) in [5.41, 5.74) is 7.05. The summed E-state index contributed by atoms with van der Waals surface area (Å²) in [7, 11) is -4.19. The number of nitro benzene ring substituents is 1. The lowest BCUT2D eigenvalue weighted by Gasteiger charge is -2.14. The number of benzene rings is 3. The predicted molar refractivity (Wildman–Crippen MR) is 147 cm³/mol. The van der Waals surface area contributed by atoms with Crippen molar-refractivity contribution >= 4 is 61.3 Å². The minimum absolute atomic E-state index is 0.000500. The van der Waals surface area contributed by atoms with Crippen molar-refractivity contribution in [3.05, 3.63) is 94.2 Å². The minimum atomic E-state index is -4.19. The fraction of sp³-hybridized carbons (Fsp3) is 0.0833. The molecule has 38 heavy (non-hydrogen) atoms. The maximum atomic E-state index is 12.8. The average molecular weight is 555 g/mol. The Morgan fingerprint density at radius 1 is 1.08 bits per heavy atom. The lowest BCUT2D eigenvalue weighted by Crippen LogP contribution is -2.39. The van der Waals surface area contributed by atoms with E-state index in [0.29, 0.717) is 13.0 Å². The van der Waals surface area contributed by atoms with Crippen molar-refractivity contribution in [1.29, 1.82) is 0 Å². The van der Waals surface area contributed by atoms with E-state index in [-0.39, 0.29) is 26.9 Å². The highest BCUT2D eigenvalue weighted by Crippen LogP contribution is 2.28. The first-order valence-electron chi connectivity index (χ1n) is 11.1. The Morgan fingerprint density at radius 2 is 1.82 bits per heavy atom. The number of sulfonamides is 1. The standard InChI is InChI=1S/C24H22N6O6S2/c31-23(32)15-5-7-17(8-6-15)29-38(35,36)18-9-10-21(22(13-18)30(33)34)27-28-24(37)25-12-11-16-14-26-20-4-2-1-3-19(16)20/h1-10,13-14,26-27,29H,11-12H2,(H,31,32)(H2,25,28,37). The Kier molecular flexibility index (Phi) is 7.74. The first-order valence-corrected chi connectivity index (χ1v) is 13.0. The third-order valence-corrected chi connectivity index (χ3v) is 7.15.